The van der Waals surface area contributed by atoms with Gasteiger partial charge < -0.3 is 11.1 Å². The van der Waals surface area contributed by atoms with Gasteiger partial charge in [-0.05, 0) is 36.8 Å². The minimum atomic E-state index is -0.514. The van der Waals surface area contributed by atoms with Crippen LogP contribution in [0.2, 0.25) is 0 Å². The SMILES string of the molecule is Cc1ccc(N)c(NC(=O)c2ccc([N+](=O)[O-])cc2)c1. The zero-order valence-corrected chi connectivity index (χ0v) is 10.8. The van der Waals surface area contributed by atoms with Crippen LogP contribution in [0, 0.1) is 17.0 Å². The summed E-state index contributed by atoms with van der Waals surface area (Å²) in [4.78, 5) is 22.1. The molecule has 3 N–H and O–H groups in total. The second-order valence-corrected chi connectivity index (χ2v) is 4.35. The van der Waals surface area contributed by atoms with E-state index in [0.717, 1.165) is 5.56 Å². The van der Waals surface area contributed by atoms with Gasteiger partial charge in [-0.2, -0.15) is 0 Å². The average Bonchev–Trinajstić information content (AvgIpc) is 2.43. The van der Waals surface area contributed by atoms with Crippen LogP contribution in [0.15, 0.2) is 42.5 Å². The lowest BCUT2D eigenvalue weighted by atomic mass is 10.1. The van der Waals surface area contributed by atoms with Gasteiger partial charge in [-0.25, -0.2) is 0 Å². The van der Waals surface area contributed by atoms with Gasteiger partial charge in [-0.15, -0.1) is 0 Å². The Morgan fingerprint density at radius 1 is 1.20 bits per heavy atom. The van der Waals surface area contributed by atoms with Crippen molar-refractivity contribution < 1.29 is 9.72 Å². The van der Waals surface area contributed by atoms with Crippen LogP contribution in [0.3, 0.4) is 0 Å². The molecule has 2 aromatic rings. The van der Waals surface area contributed by atoms with Gasteiger partial charge >= 0.3 is 0 Å². The summed E-state index contributed by atoms with van der Waals surface area (Å²) in [6.45, 7) is 1.89. The molecule has 0 unspecified atom stereocenters. The van der Waals surface area contributed by atoms with Gasteiger partial charge in [0.15, 0.2) is 0 Å². The van der Waals surface area contributed by atoms with Crippen LogP contribution in [-0.2, 0) is 0 Å². The van der Waals surface area contributed by atoms with Crippen LogP contribution in [0.4, 0.5) is 17.1 Å². The standard InChI is InChI=1S/C14H13N3O3/c1-9-2-7-12(15)13(8-9)16-14(18)10-3-5-11(6-4-10)17(19)20/h2-8H,15H2,1H3,(H,16,18). The van der Waals surface area contributed by atoms with Gasteiger partial charge in [0.25, 0.3) is 11.6 Å². The molecule has 2 rings (SSSR count). The number of nitro groups is 1. The summed E-state index contributed by atoms with van der Waals surface area (Å²) in [5, 5.41) is 13.2. The van der Waals surface area contributed by atoms with Gasteiger partial charge in [0, 0.05) is 17.7 Å². The van der Waals surface area contributed by atoms with E-state index in [2.05, 4.69) is 5.32 Å². The van der Waals surface area contributed by atoms with Crippen molar-refractivity contribution in [3.8, 4) is 0 Å². The minimum Gasteiger partial charge on any atom is -0.397 e. The van der Waals surface area contributed by atoms with Gasteiger partial charge in [0.2, 0.25) is 0 Å². The summed E-state index contributed by atoms with van der Waals surface area (Å²) >= 11 is 0. The Balaban J connectivity index is 2.19. The van der Waals surface area contributed by atoms with Gasteiger partial charge in [-0.1, -0.05) is 6.07 Å². The summed E-state index contributed by atoms with van der Waals surface area (Å²) in [7, 11) is 0. The highest BCUT2D eigenvalue weighted by Gasteiger charge is 2.10. The zero-order valence-electron chi connectivity index (χ0n) is 10.8. The van der Waals surface area contributed by atoms with Crippen molar-refractivity contribution in [3.05, 3.63) is 63.7 Å². The summed E-state index contributed by atoms with van der Waals surface area (Å²) < 4.78 is 0. The highest BCUT2D eigenvalue weighted by molar-refractivity contribution is 6.05. The molecule has 0 saturated heterocycles. The van der Waals surface area contributed by atoms with Gasteiger partial charge in [0.1, 0.15) is 0 Å². The molecule has 0 fully saturated rings. The molecule has 2 aromatic carbocycles. The molecule has 0 heterocycles. The lowest BCUT2D eigenvalue weighted by Gasteiger charge is -2.09. The number of nitrogens with one attached hydrogen (secondary N) is 1. The summed E-state index contributed by atoms with van der Waals surface area (Å²) in [5.41, 5.74) is 8.00. The first kappa shape index (κ1) is 13.5. The molecule has 0 aliphatic heterocycles. The molecular weight excluding hydrogens is 258 g/mol. The maximum atomic E-state index is 12.0. The molecule has 1 amide bonds. The van der Waals surface area contributed by atoms with Crippen molar-refractivity contribution in [2.45, 2.75) is 6.92 Å². The number of aryl methyl sites for hydroxylation is 1. The Morgan fingerprint density at radius 2 is 1.85 bits per heavy atom. The number of non-ortho nitro benzene ring substituents is 1. The third kappa shape index (κ3) is 2.92. The first-order chi connectivity index (χ1) is 9.47. The van der Waals surface area contributed by atoms with E-state index in [1.54, 1.807) is 12.1 Å². The quantitative estimate of drug-likeness (QED) is 0.509. The van der Waals surface area contributed by atoms with Crippen molar-refractivity contribution in [1.82, 2.24) is 0 Å². The van der Waals surface area contributed by atoms with Crippen molar-refractivity contribution in [2.75, 3.05) is 11.1 Å². The number of rotatable bonds is 3. The van der Waals surface area contributed by atoms with Gasteiger partial charge in [0.05, 0.1) is 16.3 Å². The van der Waals surface area contributed by atoms with Crippen molar-refractivity contribution in [2.24, 2.45) is 0 Å². The molecule has 0 aliphatic carbocycles. The van der Waals surface area contributed by atoms with E-state index >= 15 is 0 Å². The van der Waals surface area contributed by atoms with Gasteiger partial charge in [-0.3, -0.25) is 14.9 Å². The molecule has 20 heavy (non-hydrogen) atoms. The van der Waals surface area contributed by atoms with Crippen LogP contribution in [-0.4, -0.2) is 10.8 Å². The van der Waals surface area contributed by atoms with Crippen LogP contribution in [0.1, 0.15) is 15.9 Å². The molecule has 0 radical (unpaired) electrons. The molecule has 0 bridgehead atoms. The Labute approximate surface area is 115 Å². The van der Waals surface area contributed by atoms with Crippen molar-refractivity contribution in [1.29, 1.82) is 0 Å². The van der Waals surface area contributed by atoms with E-state index in [1.165, 1.54) is 24.3 Å². The third-order valence-corrected chi connectivity index (χ3v) is 2.80. The Bertz CT molecular complexity index is 666. The number of amides is 1. The number of carbonyl (C=O) groups is 1. The fourth-order valence-corrected chi connectivity index (χ4v) is 1.71. The average molecular weight is 271 g/mol. The van der Waals surface area contributed by atoms with Crippen molar-refractivity contribution in [3.63, 3.8) is 0 Å². The minimum absolute atomic E-state index is 0.0587. The smallest absolute Gasteiger partial charge is 0.269 e. The third-order valence-electron chi connectivity index (χ3n) is 2.80. The summed E-state index contributed by atoms with van der Waals surface area (Å²) in [6, 6.07) is 10.7. The van der Waals surface area contributed by atoms with E-state index in [1.807, 2.05) is 13.0 Å². The number of carbonyl (C=O) groups excluding carboxylic acids is 1. The van der Waals surface area contributed by atoms with E-state index in [9.17, 15) is 14.9 Å². The van der Waals surface area contributed by atoms with E-state index in [-0.39, 0.29) is 11.6 Å². The second-order valence-electron chi connectivity index (χ2n) is 4.35. The Kier molecular flexibility index (Phi) is 3.65. The van der Waals surface area contributed by atoms with E-state index < -0.39 is 4.92 Å². The number of anilines is 2. The molecule has 0 aromatic heterocycles. The number of nitrogen functional groups attached to an aromatic ring is 1. The van der Waals surface area contributed by atoms with E-state index in [0.29, 0.717) is 16.9 Å². The largest absolute Gasteiger partial charge is 0.397 e. The molecule has 0 atom stereocenters. The Morgan fingerprint density at radius 3 is 2.45 bits per heavy atom. The molecule has 0 saturated carbocycles. The molecule has 6 heteroatoms. The van der Waals surface area contributed by atoms with E-state index in [4.69, 9.17) is 5.73 Å². The molecule has 6 nitrogen and oxygen atoms in total. The highest BCUT2D eigenvalue weighted by atomic mass is 16.6. The number of nitrogens with zero attached hydrogens (tertiary/aromatic N) is 1. The number of nitrogens with two attached hydrogens (primary N) is 1. The molecule has 102 valence electrons. The predicted molar refractivity (Wildman–Crippen MR) is 76.6 cm³/mol. The molecule has 0 aliphatic rings. The zero-order chi connectivity index (χ0) is 14.7. The normalized spacial score (nSPS) is 10.1. The highest BCUT2D eigenvalue weighted by Crippen LogP contribution is 2.21. The number of benzene rings is 2. The van der Waals surface area contributed by atoms with Crippen LogP contribution < -0.4 is 11.1 Å². The maximum Gasteiger partial charge on any atom is 0.269 e. The second kappa shape index (κ2) is 5.40. The fraction of sp³-hybridized carbons (Fsp3) is 0.0714. The van der Waals surface area contributed by atoms with Crippen LogP contribution in [0.5, 0.6) is 0 Å². The summed E-state index contributed by atoms with van der Waals surface area (Å²) in [5.74, 6) is -0.364. The van der Waals surface area contributed by atoms with Crippen molar-refractivity contribution >= 4 is 23.0 Å². The molecular formula is C14H13N3O3. The number of nitro benzene ring substituents is 1. The number of hydrogen-bond donors (Lipinski definition) is 2. The predicted octanol–water partition coefficient (Wildman–Crippen LogP) is 2.74. The first-order valence-corrected chi connectivity index (χ1v) is 5.89. The van der Waals surface area contributed by atoms with Crippen LogP contribution >= 0.6 is 0 Å². The lowest BCUT2D eigenvalue weighted by molar-refractivity contribution is -0.384. The molecule has 0 spiro atoms. The topological polar surface area (TPSA) is 98.3 Å². The monoisotopic (exact) mass is 271 g/mol. The number of hydrogen-bond acceptors (Lipinski definition) is 4. The van der Waals surface area contributed by atoms with Crippen LogP contribution in [0.25, 0.3) is 0 Å². The first-order valence-electron chi connectivity index (χ1n) is 5.89. The lowest BCUT2D eigenvalue weighted by Crippen LogP contribution is -2.13. The Hall–Kier alpha value is -2.89. The fourth-order valence-electron chi connectivity index (χ4n) is 1.71. The maximum absolute atomic E-state index is 12.0. The summed E-state index contributed by atoms with van der Waals surface area (Å²) in [6.07, 6.45) is 0.